The smallest absolute Gasteiger partial charge is 0.309 e. The van der Waals surface area contributed by atoms with E-state index in [4.69, 9.17) is 4.74 Å². The third kappa shape index (κ3) is 4.87. The zero-order valence-corrected chi connectivity index (χ0v) is 15.9. The minimum Gasteiger partial charge on any atom is -0.465 e. The van der Waals surface area contributed by atoms with E-state index < -0.39 is 0 Å². The van der Waals surface area contributed by atoms with E-state index in [1.54, 1.807) is 0 Å². The summed E-state index contributed by atoms with van der Waals surface area (Å²) in [5.41, 5.74) is 1.08. The largest absolute Gasteiger partial charge is 0.465 e. The molecule has 4 nitrogen and oxygen atoms in total. The van der Waals surface area contributed by atoms with Gasteiger partial charge in [0.1, 0.15) is 0 Å². The van der Waals surface area contributed by atoms with E-state index in [2.05, 4.69) is 0 Å². The lowest BCUT2D eigenvalue weighted by Gasteiger charge is -2.22. The maximum absolute atomic E-state index is 12.9. The predicted molar refractivity (Wildman–Crippen MR) is 102 cm³/mol. The fourth-order valence-corrected chi connectivity index (χ4v) is 4.41. The average molecular weight is 357 g/mol. The monoisotopic (exact) mass is 357 g/mol. The van der Waals surface area contributed by atoms with Gasteiger partial charge in [0, 0.05) is 19.5 Å². The van der Waals surface area contributed by atoms with Crippen molar-refractivity contribution < 1.29 is 14.3 Å². The molecule has 1 amide bonds. The van der Waals surface area contributed by atoms with Crippen molar-refractivity contribution in [2.75, 3.05) is 19.7 Å². The molecule has 2 aliphatic rings. The first-order chi connectivity index (χ1) is 12.7. The lowest BCUT2D eigenvalue weighted by Crippen LogP contribution is -2.33. The van der Waals surface area contributed by atoms with Gasteiger partial charge >= 0.3 is 5.97 Å². The van der Waals surface area contributed by atoms with Crippen molar-refractivity contribution in [2.24, 2.45) is 17.8 Å². The highest BCUT2D eigenvalue weighted by molar-refractivity contribution is 5.83. The third-order valence-corrected chi connectivity index (χ3v) is 5.86. The Morgan fingerprint density at radius 1 is 1.12 bits per heavy atom. The molecule has 0 N–H and O–H groups in total. The van der Waals surface area contributed by atoms with Gasteiger partial charge in [0.25, 0.3) is 0 Å². The van der Waals surface area contributed by atoms with E-state index in [0.717, 1.165) is 25.1 Å². The molecule has 1 heterocycles. The summed E-state index contributed by atoms with van der Waals surface area (Å²) in [5.74, 6) is 0.841. The van der Waals surface area contributed by atoms with Gasteiger partial charge in [-0.3, -0.25) is 9.59 Å². The molecule has 3 atom stereocenters. The summed E-state index contributed by atoms with van der Waals surface area (Å²) in [4.78, 5) is 27.4. The van der Waals surface area contributed by atoms with Crippen molar-refractivity contribution in [3.05, 3.63) is 35.9 Å². The lowest BCUT2D eigenvalue weighted by atomic mass is 9.82. The van der Waals surface area contributed by atoms with E-state index >= 15 is 0 Å². The number of amides is 1. The third-order valence-electron chi connectivity index (χ3n) is 5.86. The lowest BCUT2D eigenvalue weighted by molar-refractivity contribution is -0.151. The van der Waals surface area contributed by atoms with Crippen LogP contribution in [0.25, 0.3) is 0 Å². The molecule has 0 spiro atoms. The molecule has 0 aromatic heterocycles. The van der Waals surface area contributed by atoms with E-state index in [-0.39, 0.29) is 24.2 Å². The SMILES string of the molecule is CCCOC(=O)C(CC(=O)N1C[C@H]2CCCC[C@H]2C1)Cc1ccccc1. The summed E-state index contributed by atoms with van der Waals surface area (Å²) < 4.78 is 5.37. The van der Waals surface area contributed by atoms with Crippen molar-refractivity contribution >= 4 is 11.9 Å². The number of fused-ring (bicyclic) bond motifs is 1. The van der Waals surface area contributed by atoms with Crippen molar-refractivity contribution in [3.8, 4) is 0 Å². The van der Waals surface area contributed by atoms with Crippen LogP contribution in [-0.4, -0.2) is 36.5 Å². The van der Waals surface area contributed by atoms with Crippen LogP contribution >= 0.6 is 0 Å². The number of hydrogen-bond donors (Lipinski definition) is 0. The maximum atomic E-state index is 12.9. The summed E-state index contributed by atoms with van der Waals surface area (Å²) in [7, 11) is 0. The molecule has 4 heteroatoms. The van der Waals surface area contributed by atoms with Gasteiger partial charge in [0.2, 0.25) is 5.91 Å². The number of esters is 1. The quantitative estimate of drug-likeness (QED) is 0.697. The minimum atomic E-state index is -0.390. The first kappa shape index (κ1) is 18.9. The van der Waals surface area contributed by atoms with Gasteiger partial charge in [0.05, 0.1) is 12.5 Å². The minimum absolute atomic E-state index is 0.119. The number of ether oxygens (including phenoxy) is 1. The van der Waals surface area contributed by atoms with Gasteiger partial charge in [-0.05, 0) is 43.1 Å². The summed E-state index contributed by atoms with van der Waals surface area (Å²) in [5, 5.41) is 0. The topological polar surface area (TPSA) is 46.6 Å². The van der Waals surface area contributed by atoms with Gasteiger partial charge in [-0.25, -0.2) is 0 Å². The zero-order chi connectivity index (χ0) is 18.4. The van der Waals surface area contributed by atoms with E-state index in [1.165, 1.54) is 25.7 Å². The van der Waals surface area contributed by atoms with Crippen molar-refractivity contribution in [1.29, 1.82) is 0 Å². The van der Waals surface area contributed by atoms with Crippen LogP contribution in [0.2, 0.25) is 0 Å². The van der Waals surface area contributed by atoms with Crippen LogP contribution in [0.4, 0.5) is 0 Å². The van der Waals surface area contributed by atoms with Crippen molar-refractivity contribution in [2.45, 2.75) is 51.9 Å². The molecule has 1 aliphatic heterocycles. The molecule has 26 heavy (non-hydrogen) atoms. The summed E-state index contributed by atoms with van der Waals surface area (Å²) in [6.45, 7) is 4.17. The molecule has 1 saturated heterocycles. The molecule has 1 unspecified atom stereocenters. The fraction of sp³-hybridized carbons (Fsp3) is 0.636. The van der Waals surface area contributed by atoms with Gasteiger partial charge in [-0.1, -0.05) is 50.1 Å². The first-order valence-corrected chi connectivity index (χ1v) is 10.2. The van der Waals surface area contributed by atoms with Gasteiger partial charge in [-0.15, -0.1) is 0 Å². The average Bonchev–Trinajstić information content (AvgIpc) is 3.10. The van der Waals surface area contributed by atoms with Gasteiger partial charge in [-0.2, -0.15) is 0 Å². The molecule has 1 aromatic carbocycles. The molecule has 142 valence electrons. The predicted octanol–water partition coefficient (Wildman–Crippen LogP) is 3.84. The molecule has 3 rings (SSSR count). The normalized spacial score (nSPS) is 23.3. The first-order valence-electron chi connectivity index (χ1n) is 10.2. The molecule has 0 bridgehead atoms. The van der Waals surface area contributed by atoms with Crippen LogP contribution in [0.5, 0.6) is 0 Å². The van der Waals surface area contributed by atoms with E-state index in [1.807, 2.05) is 42.2 Å². The summed E-state index contributed by atoms with van der Waals surface area (Å²) in [6, 6.07) is 9.92. The van der Waals surface area contributed by atoms with Crippen LogP contribution in [0.1, 0.15) is 51.0 Å². The highest BCUT2D eigenvalue weighted by atomic mass is 16.5. The van der Waals surface area contributed by atoms with Gasteiger partial charge in [0.15, 0.2) is 0 Å². The second-order valence-electron chi connectivity index (χ2n) is 7.86. The van der Waals surface area contributed by atoms with Crippen LogP contribution in [-0.2, 0) is 20.7 Å². The standard InChI is InChI=1S/C22H31NO3/c1-2-12-26-22(25)20(13-17-8-4-3-5-9-17)14-21(24)23-15-18-10-6-7-11-19(18)16-23/h3-5,8-9,18-20H,2,6-7,10-16H2,1H3/t18-,19+,20?. The Hall–Kier alpha value is -1.84. The molecule has 0 radical (unpaired) electrons. The van der Waals surface area contributed by atoms with Crippen LogP contribution < -0.4 is 0 Å². The van der Waals surface area contributed by atoms with E-state index in [9.17, 15) is 9.59 Å². The number of benzene rings is 1. The summed E-state index contributed by atoms with van der Waals surface area (Å²) >= 11 is 0. The number of carbonyl (C=O) groups is 2. The number of rotatable bonds is 7. The molecule has 1 saturated carbocycles. The Morgan fingerprint density at radius 2 is 1.77 bits per heavy atom. The summed E-state index contributed by atoms with van der Waals surface area (Å²) in [6.07, 6.45) is 6.72. The molecule has 2 fully saturated rings. The van der Waals surface area contributed by atoms with E-state index in [0.29, 0.717) is 24.9 Å². The Kier molecular flexibility index (Phi) is 6.70. The van der Waals surface area contributed by atoms with Crippen molar-refractivity contribution in [3.63, 3.8) is 0 Å². The molecule has 1 aliphatic carbocycles. The molecular formula is C22H31NO3. The highest BCUT2D eigenvalue weighted by Crippen LogP contribution is 2.36. The number of nitrogens with zero attached hydrogens (tertiary/aromatic N) is 1. The fourth-order valence-electron chi connectivity index (χ4n) is 4.41. The Labute approximate surface area is 156 Å². The Morgan fingerprint density at radius 3 is 2.38 bits per heavy atom. The Bertz CT molecular complexity index is 587. The maximum Gasteiger partial charge on any atom is 0.309 e. The van der Waals surface area contributed by atoms with Crippen LogP contribution in [0, 0.1) is 17.8 Å². The number of likely N-dealkylation sites (tertiary alicyclic amines) is 1. The zero-order valence-electron chi connectivity index (χ0n) is 15.9. The van der Waals surface area contributed by atoms with Gasteiger partial charge < -0.3 is 9.64 Å². The molecule has 1 aromatic rings. The number of hydrogen-bond acceptors (Lipinski definition) is 3. The number of carbonyl (C=O) groups excluding carboxylic acids is 2. The highest BCUT2D eigenvalue weighted by Gasteiger charge is 2.37. The van der Waals surface area contributed by atoms with Crippen LogP contribution in [0.3, 0.4) is 0 Å². The van der Waals surface area contributed by atoms with Crippen molar-refractivity contribution in [1.82, 2.24) is 4.90 Å². The Balaban J connectivity index is 1.62. The molecular weight excluding hydrogens is 326 g/mol. The second kappa shape index (κ2) is 9.20. The van der Waals surface area contributed by atoms with Crippen LogP contribution in [0.15, 0.2) is 30.3 Å². The second-order valence-corrected chi connectivity index (χ2v) is 7.86.